The summed E-state index contributed by atoms with van der Waals surface area (Å²) < 4.78 is 10.3. The van der Waals surface area contributed by atoms with E-state index in [-0.39, 0.29) is 5.97 Å². The van der Waals surface area contributed by atoms with Crippen LogP contribution in [0.4, 0.5) is 0 Å². The molecule has 0 amide bonds. The molecule has 124 valence electrons. The average Bonchev–Trinajstić information content (AvgIpc) is 3.22. The van der Waals surface area contributed by atoms with Gasteiger partial charge in [-0.3, -0.25) is 0 Å². The van der Waals surface area contributed by atoms with Crippen LogP contribution in [0.5, 0.6) is 5.75 Å². The lowest BCUT2D eigenvalue weighted by Gasteiger charge is -2.17. The number of hydrogen-bond donors (Lipinski definition) is 0. The van der Waals surface area contributed by atoms with E-state index in [1.54, 1.807) is 30.3 Å². The summed E-state index contributed by atoms with van der Waals surface area (Å²) in [5.74, 6) is 1.34. The lowest BCUT2D eigenvalue weighted by atomic mass is 9.95. The van der Waals surface area contributed by atoms with E-state index in [9.17, 15) is 9.59 Å². The smallest absolute Gasteiger partial charge is 0.335 e. The third-order valence-electron chi connectivity index (χ3n) is 4.53. The van der Waals surface area contributed by atoms with Gasteiger partial charge in [-0.05, 0) is 54.4 Å². The van der Waals surface area contributed by atoms with Crippen LogP contribution in [0.2, 0.25) is 0 Å². The van der Waals surface area contributed by atoms with E-state index in [1.165, 1.54) is 12.5 Å². The van der Waals surface area contributed by atoms with Crippen LogP contribution in [-0.4, -0.2) is 18.5 Å². The molecular weight excluding hydrogens is 304 g/mol. The Hall–Kier alpha value is -2.62. The second kappa shape index (κ2) is 7.30. The number of fused-ring (bicyclic) bond motifs is 2. The van der Waals surface area contributed by atoms with E-state index in [0.717, 1.165) is 18.1 Å². The Labute approximate surface area is 141 Å². The van der Waals surface area contributed by atoms with Gasteiger partial charge in [-0.15, -0.1) is 0 Å². The average molecular weight is 324 g/mol. The third-order valence-corrected chi connectivity index (χ3v) is 4.53. The molecule has 0 N–H and O–H groups in total. The van der Waals surface area contributed by atoms with Gasteiger partial charge in [0, 0.05) is 12.2 Å². The molecule has 2 aliphatic carbocycles. The molecule has 3 rings (SSSR count). The van der Waals surface area contributed by atoms with Crippen LogP contribution >= 0.6 is 0 Å². The fourth-order valence-electron chi connectivity index (χ4n) is 3.29. The van der Waals surface area contributed by atoms with Gasteiger partial charge < -0.3 is 9.47 Å². The molecule has 4 heteroatoms. The van der Waals surface area contributed by atoms with Gasteiger partial charge in [0.05, 0.1) is 6.61 Å². The van der Waals surface area contributed by atoms with Gasteiger partial charge in [-0.1, -0.05) is 30.9 Å². The first-order chi connectivity index (χ1) is 11.6. The van der Waals surface area contributed by atoms with E-state index in [0.29, 0.717) is 30.1 Å². The molecule has 3 atom stereocenters. The molecule has 1 fully saturated rings. The van der Waals surface area contributed by atoms with Crippen molar-refractivity contribution >= 4 is 18.0 Å². The molecule has 1 aromatic carbocycles. The summed E-state index contributed by atoms with van der Waals surface area (Å²) in [5.41, 5.74) is 0.827. The molecule has 3 unspecified atom stereocenters. The van der Waals surface area contributed by atoms with E-state index >= 15 is 0 Å². The van der Waals surface area contributed by atoms with Crippen molar-refractivity contribution in [2.24, 2.45) is 17.8 Å². The Kier molecular flexibility index (Phi) is 4.94. The third kappa shape index (κ3) is 4.02. The van der Waals surface area contributed by atoms with Crippen LogP contribution in [0.1, 0.15) is 18.4 Å². The van der Waals surface area contributed by atoms with E-state index in [4.69, 9.17) is 9.47 Å². The molecular formula is C20H20O4. The highest BCUT2D eigenvalue weighted by molar-refractivity contribution is 5.87. The van der Waals surface area contributed by atoms with Crippen LogP contribution < -0.4 is 4.74 Å². The van der Waals surface area contributed by atoms with Crippen molar-refractivity contribution in [2.45, 2.75) is 12.8 Å². The molecule has 4 nitrogen and oxygen atoms in total. The summed E-state index contributed by atoms with van der Waals surface area (Å²) in [6, 6.07) is 6.84. The van der Waals surface area contributed by atoms with Gasteiger partial charge in [0.15, 0.2) is 0 Å². The van der Waals surface area contributed by atoms with Crippen molar-refractivity contribution in [3.05, 3.63) is 60.7 Å². The normalized spacial score (nSPS) is 24.2. The van der Waals surface area contributed by atoms with Crippen molar-refractivity contribution in [3.63, 3.8) is 0 Å². The Balaban J connectivity index is 1.46. The number of hydrogen-bond acceptors (Lipinski definition) is 4. The minimum Gasteiger partial charge on any atom is -0.462 e. The van der Waals surface area contributed by atoms with Crippen LogP contribution in [0.15, 0.2) is 55.1 Å². The van der Waals surface area contributed by atoms with Crippen LogP contribution in [0.25, 0.3) is 6.08 Å². The first-order valence-electron chi connectivity index (χ1n) is 8.11. The van der Waals surface area contributed by atoms with Crippen molar-refractivity contribution in [1.29, 1.82) is 0 Å². The van der Waals surface area contributed by atoms with Gasteiger partial charge in [0.25, 0.3) is 0 Å². The van der Waals surface area contributed by atoms with Crippen molar-refractivity contribution < 1.29 is 19.1 Å². The summed E-state index contributed by atoms with van der Waals surface area (Å²) >= 11 is 0. The maximum Gasteiger partial charge on any atom is 0.335 e. The van der Waals surface area contributed by atoms with Crippen molar-refractivity contribution in [1.82, 2.24) is 0 Å². The van der Waals surface area contributed by atoms with Crippen molar-refractivity contribution in [2.75, 3.05) is 6.61 Å². The SMILES string of the molecule is C=CC(=O)Oc1ccc(/C=C/C(=O)OCC2CC3C=CC2C3)cc1. The largest absolute Gasteiger partial charge is 0.462 e. The van der Waals surface area contributed by atoms with E-state index in [1.807, 2.05) is 0 Å². The zero-order valence-electron chi connectivity index (χ0n) is 13.4. The summed E-state index contributed by atoms with van der Waals surface area (Å²) in [6.45, 7) is 3.83. The monoisotopic (exact) mass is 324 g/mol. The predicted molar refractivity (Wildman–Crippen MR) is 91.1 cm³/mol. The molecule has 0 aromatic heterocycles. The number of ether oxygens (including phenoxy) is 2. The minimum atomic E-state index is -0.502. The zero-order chi connectivity index (χ0) is 16.9. The van der Waals surface area contributed by atoms with Gasteiger partial charge >= 0.3 is 11.9 Å². The number of carbonyl (C=O) groups excluding carboxylic acids is 2. The highest BCUT2D eigenvalue weighted by Crippen LogP contribution is 2.43. The lowest BCUT2D eigenvalue weighted by molar-refractivity contribution is -0.139. The number of allylic oxidation sites excluding steroid dienone is 2. The highest BCUT2D eigenvalue weighted by atomic mass is 16.5. The second-order valence-electron chi connectivity index (χ2n) is 6.20. The number of esters is 2. The summed E-state index contributed by atoms with van der Waals surface area (Å²) in [7, 11) is 0. The molecule has 0 radical (unpaired) electrons. The van der Waals surface area contributed by atoms with Crippen LogP contribution in [0.3, 0.4) is 0 Å². The van der Waals surface area contributed by atoms with E-state index in [2.05, 4.69) is 18.7 Å². The Bertz CT molecular complexity index is 684. The standard InChI is InChI=1S/C20H20O4/c1-2-19(21)24-18-8-4-14(5-9-18)6-10-20(22)23-13-17-12-15-3-7-16(17)11-15/h2-10,15-17H,1,11-13H2/b10-6+. The summed E-state index contributed by atoms with van der Waals surface area (Å²) in [4.78, 5) is 22.9. The second-order valence-corrected chi connectivity index (χ2v) is 6.20. The Morgan fingerprint density at radius 2 is 1.92 bits per heavy atom. The maximum absolute atomic E-state index is 11.8. The van der Waals surface area contributed by atoms with Gasteiger partial charge in [0.1, 0.15) is 5.75 Å². The molecule has 0 spiro atoms. The summed E-state index contributed by atoms with van der Waals surface area (Å²) in [6.07, 6.45) is 11.1. The van der Waals surface area contributed by atoms with Crippen LogP contribution in [0, 0.1) is 17.8 Å². The van der Waals surface area contributed by atoms with Gasteiger partial charge in [-0.2, -0.15) is 0 Å². The lowest BCUT2D eigenvalue weighted by Crippen LogP contribution is -2.16. The van der Waals surface area contributed by atoms with E-state index < -0.39 is 5.97 Å². The zero-order valence-corrected chi connectivity index (χ0v) is 13.4. The fraction of sp³-hybridized carbons (Fsp3) is 0.300. The summed E-state index contributed by atoms with van der Waals surface area (Å²) in [5, 5.41) is 0. The topological polar surface area (TPSA) is 52.6 Å². The molecule has 0 heterocycles. The Morgan fingerprint density at radius 3 is 2.54 bits per heavy atom. The van der Waals surface area contributed by atoms with Crippen molar-refractivity contribution in [3.8, 4) is 5.75 Å². The highest BCUT2D eigenvalue weighted by Gasteiger charge is 2.35. The molecule has 0 aliphatic heterocycles. The molecule has 1 aromatic rings. The molecule has 1 saturated carbocycles. The molecule has 24 heavy (non-hydrogen) atoms. The number of rotatable bonds is 6. The van der Waals surface area contributed by atoms with Gasteiger partial charge in [0.2, 0.25) is 0 Å². The number of carbonyl (C=O) groups is 2. The first kappa shape index (κ1) is 16.2. The quantitative estimate of drug-likeness (QED) is 0.347. The van der Waals surface area contributed by atoms with Gasteiger partial charge in [-0.25, -0.2) is 9.59 Å². The fourth-order valence-corrected chi connectivity index (χ4v) is 3.29. The number of benzene rings is 1. The van der Waals surface area contributed by atoms with Crippen LogP contribution in [-0.2, 0) is 14.3 Å². The Morgan fingerprint density at radius 1 is 1.12 bits per heavy atom. The predicted octanol–water partition coefficient (Wildman–Crippen LogP) is 3.55. The molecule has 0 saturated heterocycles. The molecule has 2 aliphatic rings. The maximum atomic E-state index is 11.8. The minimum absolute atomic E-state index is 0.330. The first-order valence-corrected chi connectivity index (χ1v) is 8.11. The molecule has 2 bridgehead atoms.